The number of alkyl halides is 7. The predicted molar refractivity (Wildman–Crippen MR) is 119 cm³/mol. The monoisotopic (exact) mass is 542 g/mol. The Hall–Kier alpha value is -2.45. The van der Waals surface area contributed by atoms with Gasteiger partial charge in [-0.15, -0.1) is 22.9 Å². The van der Waals surface area contributed by atoms with Crippen LogP contribution in [0, 0.1) is 6.92 Å². The molecule has 0 spiro atoms. The number of nitrogens with two attached hydrogens (primary N) is 1. The predicted octanol–water partition coefficient (Wildman–Crippen LogP) is 5.95. The Labute approximate surface area is 205 Å². The van der Waals surface area contributed by atoms with E-state index >= 15 is 0 Å². The van der Waals surface area contributed by atoms with Crippen molar-refractivity contribution in [2.75, 3.05) is 5.88 Å². The Bertz CT molecular complexity index is 1090. The molecule has 6 nitrogen and oxygen atoms in total. The van der Waals surface area contributed by atoms with E-state index in [0.717, 1.165) is 18.2 Å². The van der Waals surface area contributed by atoms with Crippen molar-refractivity contribution in [3.63, 3.8) is 0 Å². The lowest BCUT2D eigenvalue weighted by Crippen LogP contribution is -2.32. The van der Waals surface area contributed by atoms with E-state index in [1.807, 2.05) is 0 Å². The van der Waals surface area contributed by atoms with E-state index in [-0.39, 0.29) is 36.4 Å². The molecule has 1 atom stereocenters. The van der Waals surface area contributed by atoms with Crippen LogP contribution in [0.5, 0.6) is 11.5 Å². The molecule has 0 radical (unpaired) electrons. The first-order valence-corrected chi connectivity index (χ1v) is 11.2. The van der Waals surface area contributed by atoms with E-state index in [1.54, 1.807) is 6.92 Å². The molecule has 0 fully saturated rings. The number of rotatable bonds is 8. The fraction of sp³-hybridized carbons (Fsp3) is 0.333. The van der Waals surface area contributed by atoms with Gasteiger partial charge in [-0.3, -0.25) is 0 Å². The summed E-state index contributed by atoms with van der Waals surface area (Å²) in [4.78, 5) is 7.62. The van der Waals surface area contributed by atoms with E-state index in [9.17, 15) is 26.3 Å². The summed E-state index contributed by atoms with van der Waals surface area (Å²) in [5.74, 6) is 4.14. The van der Waals surface area contributed by atoms with Crippen molar-refractivity contribution in [3.8, 4) is 11.5 Å². The molecule has 0 saturated carbocycles. The summed E-state index contributed by atoms with van der Waals surface area (Å²) < 4.78 is 83.0. The van der Waals surface area contributed by atoms with Gasteiger partial charge in [-0.2, -0.15) is 26.3 Å². The number of benzene rings is 1. The Morgan fingerprint density at radius 1 is 1.14 bits per heavy atom. The molecule has 1 aromatic carbocycles. The Morgan fingerprint density at radius 2 is 1.86 bits per heavy atom. The van der Waals surface area contributed by atoms with Crippen LogP contribution in [0.2, 0.25) is 0 Å². The van der Waals surface area contributed by atoms with Crippen molar-refractivity contribution in [1.29, 1.82) is 0 Å². The molecule has 3 rings (SSSR count). The summed E-state index contributed by atoms with van der Waals surface area (Å²) >= 11 is 6.60. The highest BCUT2D eigenvalue weighted by Crippen LogP contribution is 2.35. The van der Waals surface area contributed by atoms with Crippen molar-refractivity contribution in [3.05, 3.63) is 69.4 Å². The fourth-order valence-electron chi connectivity index (χ4n) is 2.92. The SMILES string of the molecule is Cc1ncc(Oc2cccc(C(F)(F)F)c2)c(CNC(CCl)Cc2csc(C(F)(F)F)c2)n1.NO. The molecule has 0 saturated heterocycles. The quantitative estimate of drug-likeness (QED) is 0.185. The zero-order valence-electron chi connectivity index (χ0n) is 18.1. The Balaban J connectivity index is 0.00000210. The van der Waals surface area contributed by atoms with Gasteiger partial charge in [-0.1, -0.05) is 6.07 Å². The fourth-order valence-corrected chi connectivity index (χ4v) is 3.93. The molecule has 0 aliphatic heterocycles. The third-order valence-corrected chi connectivity index (χ3v) is 5.90. The van der Waals surface area contributed by atoms with Crippen molar-refractivity contribution < 1.29 is 36.3 Å². The number of nitrogens with zero attached hydrogens (tertiary/aromatic N) is 2. The van der Waals surface area contributed by atoms with E-state index in [2.05, 4.69) is 21.2 Å². The molecular weight excluding hydrogens is 522 g/mol. The van der Waals surface area contributed by atoms with Crippen LogP contribution in [-0.2, 0) is 25.3 Å². The van der Waals surface area contributed by atoms with Crippen molar-refractivity contribution in [2.24, 2.45) is 5.90 Å². The lowest BCUT2D eigenvalue weighted by Gasteiger charge is -2.17. The van der Waals surface area contributed by atoms with Crippen LogP contribution >= 0.6 is 22.9 Å². The number of ether oxygens (including phenoxy) is 1. The summed E-state index contributed by atoms with van der Waals surface area (Å²) in [5.41, 5.74) is 0.00464. The minimum atomic E-state index is -4.52. The summed E-state index contributed by atoms with van der Waals surface area (Å²) in [6.07, 6.45) is -7.32. The molecule has 3 aromatic rings. The molecule has 35 heavy (non-hydrogen) atoms. The van der Waals surface area contributed by atoms with Crippen LogP contribution < -0.4 is 16.0 Å². The van der Waals surface area contributed by atoms with Gasteiger partial charge in [0.1, 0.15) is 22.1 Å². The molecule has 0 amide bonds. The van der Waals surface area contributed by atoms with E-state index < -0.39 is 22.8 Å². The third-order valence-electron chi connectivity index (χ3n) is 4.50. The van der Waals surface area contributed by atoms with Crippen molar-refractivity contribution in [2.45, 2.75) is 38.3 Å². The molecule has 2 heterocycles. The number of hydrogen-bond acceptors (Lipinski definition) is 7. The highest BCUT2D eigenvalue weighted by molar-refractivity contribution is 7.10. The molecule has 1 unspecified atom stereocenters. The van der Waals surface area contributed by atoms with Crippen LogP contribution in [-0.4, -0.2) is 27.1 Å². The molecular formula is C21H21ClF6N4O2S. The lowest BCUT2D eigenvalue weighted by molar-refractivity contribution is -0.137. The van der Waals surface area contributed by atoms with Gasteiger partial charge in [0.05, 0.1) is 11.8 Å². The number of thiophene rings is 1. The van der Waals surface area contributed by atoms with Crippen LogP contribution in [0.1, 0.15) is 27.5 Å². The number of aromatic nitrogens is 2. The van der Waals surface area contributed by atoms with Gasteiger partial charge in [-0.05, 0) is 48.6 Å². The summed E-state index contributed by atoms with van der Waals surface area (Å²) in [6.45, 7) is 1.76. The highest BCUT2D eigenvalue weighted by Gasteiger charge is 2.32. The number of aryl methyl sites for hydroxylation is 1. The maximum absolute atomic E-state index is 13.0. The second-order valence-corrected chi connectivity index (χ2v) is 8.33. The second kappa shape index (κ2) is 12.5. The largest absolute Gasteiger partial charge is 0.454 e. The number of nitrogens with one attached hydrogen (secondary N) is 1. The molecule has 4 N–H and O–H groups in total. The smallest absolute Gasteiger partial charge is 0.425 e. The zero-order chi connectivity index (χ0) is 26.2. The van der Waals surface area contributed by atoms with Gasteiger partial charge in [0.15, 0.2) is 5.75 Å². The topological polar surface area (TPSA) is 93.3 Å². The van der Waals surface area contributed by atoms with Crippen molar-refractivity contribution >= 4 is 22.9 Å². The molecule has 0 aliphatic carbocycles. The normalized spacial score (nSPS) is 12.6. The lowest BCUT2D eigenvalue weighted by atomic mass is 10.1. The van der Waals surface area contributed by atoms with Crippen LogP contribution in [0.4, 0.5) is 26.3 Å². The summed E-state index contributed by atoms with van der Waals surface area (Å²) in [7, 11) is 0. The Kier molecular flexibility index (Phi) is 10.3. The zero-order valence-corrected chi connectivity index (χ0v) is 19.7. The standard InChI is InChI=1S/C21H18ClF6N3OS.H3NO/c1-12-29-10-18(32-16-4-2-3-14(7-16)20(23,24)25)17(31-12)9-30-15(8-22)5-13-6-19(33-11-13)21(26,27)28;1-2/h2-4,6-7,10-11,15,30H,5,8-9H2,1H3;2H,1H2. The van der Waals surface area contributed by atoms with Crippen LogP contribution in [0.15, 0.2) is 41.9 Å². The average molecular weight is 543 g/mol. The van der Waals surface area contributed by atoms with Gasteiger partial charge < -0.3 is 15.3 Å². The minimum Gasteiger partial charge on any atom is -0.454 e. The van der Waals surface area contributed by atoms with Crippen LogP contribution in [0.3, 0.4) is 0 Å². The molecule has 14 heteroatoms. The van der Waals surface area contributed by atoms with Crippen LogP contribution in [0.25, 0.3) is 0 Å². The van der Waals surface area contributed by atoms with E-state index in [0.29, 0.717) is 28.4 Å². The van der Waals surface area contributed by atoms with Gasteiger partial charge >= 0.3 is 12.4 Å². The maximum atomic E-state index is 13.0. The molecule has 2 aromatic heterocycles. The Morgan fingerprint density at radius 3 is 2.46 bits per heavy atom. The third kappa shape index (κ3) is 8.61. The van der Waals surface area contributed by atoms with Gasteiger partial charge in [0, 0.05) is 18.5 Å². The number of hydrogen-bond donors (Lipinski definition) is 3. The first-order valence-electron chi connectivity index (χ1n) is 9.83. The summed E-state index contributed by atoms with van der Waals surface area (Å²) in [6, 6.07) is 5.11. The van der Waals surface area contributed by atoms with Gasteiger partial charge in [0.2, 0.25) is 0 Å². The molecule has 0 aliphatic rings. The minimum absolute atomic E-state index is 0.0367. The molecule has 192 valence electrons. The van der Waals surface area contributed by atoms with Crippen molar-refractivity contribution in [1.82, 2.24) is 15.3 Å². The first-order chi connectivity index (χ1) is 16.5. The second-order valence-electron chi connectivity index (χ2n) is 7.11. The maximum Gasteiger partial charge on any atom is 0.425 e. The van der Waals surface area contributed by atoms with E-state index in [1.165, 1.54) is 23.7 Å². The van der Waals surface area contributed by atoms with Gasteiger partial charge in [0.25, 0.3) is 0 Å². The average Bonchev–Trinajstić information content (AvgIpc) is 3.28. The first kappa shape index (κ1) is 28.8. The molecule has 0 bridgehead atoms. The summed E-state index contributed by atoms with van der Waals surface area (Å²) in [5, 5.41) is 11.0. The number of halogens is 7. The van der Waals surface area contributed by atoms with Gasteiger partial charge in [-0.25, -0.2) is 15.9 Å². The highest BCUT2D eigenvalue weighted by atomic mass is 35.5. The van der Waals surface area contributed by atoms with E-state index in [4.69, 9.17) is 21.5 Å².